The number of hydrazone groups is 1. The van der Waals surface area contributed by atoms with Gasteiger partial charge in [-0.3, -0.25) is 4.79 Å². The fourth-order valence-corrected chi connectivity index (χ4v) is 4.34. The van der Waals surface area contributed by atoms with Crippen LogP contribution in [-0.4, -0.2) is 25.8 Å². The number of methoxy groups -OCH3 is 1. The molecule has 0 heterocycles. The minimum absolute atomic E-state index is 0.315. The summed E-state index contributed by atoms with van der Waals surface area (Å²) < 4.78 is 16.9. The van der Waals surface area contributed by atoms with Crippen molar-refractivity contribution in [3.8, 4) is 17.2 Å². The van der Waals surface area contributed by atoms with Crippen LogP contribution < -0.4 is 19.6 Å². The molecule has 0 fully saturated rings. The maximum atomic E-state index is 12.5. The second-order valence-corrected chi connectivity index (χ2v) is 8.97. The van der Waals surface area contributed by atoms with Gasteiger partial charge in [0.15, 0.2) is 17.2 Å². The van der Waals surface area contributed by atoms with Crippen LogP contribution in [-0.2, 0) is 6.61 Å². The Morgan fingerprint density at radius 3 is 2.46 bits per heavy atom. The van der Waals surface area contributed by atoms with Crippen LogP contribution in [0.25, 0.3) is 10.8 Å². The number of hydrogen-bond donors (Lipinski definition) is 1. The number of nitrogens with zero attached hydrogens (tertiary/aromatic N) is 1. The second-order valence-electron chi connectivity index (χ2n) is 8.15. The number of fused-ring (bicyclic) bond motifs is 1. The standard InChI is InChI=1S/C29H26Cl2N2O4/c1-3-13-36-26-12-11-21(16-27(26)35-2)29(34)33-32-17-19-14-24(30)28(25(31)15-19)37-18-22-9-6-8-20-7-4-5-10-23(20)22/h4-12,14-17H,3,13,18H2,1-2H3,(H,33,34)/b32-17+. The fourth-order valence-electron chi connectivity index (χ4n) is 3.73. The molecule has 0 aromatic heterocycles. The number of hydrogen-bond acceptors (Lipinski definition) is 5. The average molecular weight is 537 g/mol. The zero-order valence-corrected chi connectivity index (χ0v) is 22.0. The first-order valence-electron chi connectivity index (χ1n) is 11.7. The van der Waals surface area contributed by atoms with Gasteiger partial charge in [-0.05, 0) is 58.7 Å². The maximum Gasteiger partial charge on any atom is 0.271 e. The molecular formula is C29H26Cl2N2O4. The van der Waals surface area contributed by atoms with Gasteiger partial charge >= 0.3 is 0 Å². The highest BCUT2D eigenvalue weighted by molar-refractivity contribution is 6.37. The lowest BCUT2D eigenvalue weighted by atomic mass is 10.1. The molecule has 4 aromatic carbocycles. The molecule has 0 radical (unpaired) electrons. The lowest BCUT2D eigenvalue weighted by Crippen LogP contribution is -2.17. The molecule has 0 unspecified atom stereocenters. The highest BCUT2D eigenvalue weighted by Gasteiger charge is 2.12. The predicted octanol–water partition coefficient (Wildman–Crippen LogP) is 7.29. The van der Waals surface area contributed by atoms with E-state index >= 15 is 0 Å². The normalized spacial score (nSPS) is 11.0. The molecule has 8 heteroatoms. The molecule has 0 atom stereocenters. The lowest BCUT2D eigenvalue weighted by molar-refractivity contribution is 0.0954. The number of halogens is 2. The molecule has 190 valence electrons. The van der Waals surface area contributed by atoms with Gasteiger partial charge in [0.1, 0.15) is 6.61 Å². The van der Waals surface area contributed by atoms with Gasteiger partial charge in [0, 0.05) is 5.56 Å². The van der Waals surface area contributed by atoms with E-state index in [0.717, 1.165) is 22.8 Å². The molecule has 37 heavy (non-hydrogen) atoms. The van der Waals surface area contributed by atoms with E-state index in [1.165, 1.54) is 13.3 Å². The first kappa shape index (κ1) is 26.3. The molecule has 0 saturated carbocycles. The van der Waals surface area contributed by atoms with Crippen molar-refractivity contribution in [3.63, 3.8) is 0 Å². The minimum atomic E-state index is -0.399. The fraction of sp³-hybridized carbons (Fsp3) is 0.172. The van der Waals surface area contributed by atoms with Gasteiger partial charge in [-0.2, -0.15) is 5.10 Å². The summed E-state index contributed by atoms with van der Waals surface area (Å²) in [5.41, 5.74) is 4.51. The van der Waals surface area contributed by atoms with Crippen molar-refractivity contribution in [2.24, 2.45) is 5.10 Å². The smallest absolute Gasteiger partial charge is 0.271 e. The van der Waals surface area contributed by atoms with Crippen molar-refractivity contribution in [2.45, 2.75) is 20.0 Å². The minimum Gasteiger partial charge on any atom is -0.493 e. The van der Waals surface area contributed by atoms with Crippen molar-refractivity contribution in [1.29, 1.82) is 0 Å². The summed E-state index contributed by atoms with van der Waals surface area (Å²) in [6, 6.07) is 22.4. The number of carbonyl (C=O) groups excluding carboxylic acids is 1. The summed E-state index contributed by atoms with van der Waals surface area (Å²) in [5.74, 6) is 1.04. The van der Waals surface area contributed by atoms with Crippen LogP contribution >= 0.6 is 23.2 Å². The second kappa shape index (κ2) is 12.5. The van der Waals surface area contributed by atoms with Crippen LogP contribution in [0.4, 0.5) is 0 Å². The van der Waals surface area contributed by atoms with Crippen LogP contribution in [0.1, 0.15) is 34.8 Å². The summed E-state index contributed by atoms with van der Waals surface area (Å²) in [5, 5.41) is 6.95. The summed E-state index contributed by atoms with van der Waals surface area (Å²) in [4.78, 5) is 12.5. The van der Waals surface area contributed by atoms with E-state index in [-0.39, 0.29) is 0 Å². The lowest BCUT2D eigenvalue weighted by Gasteiger charge is -2.12. The molecular weight excluding hydrogens is 511 g/mol. The maximum absolute atomic E-state index is 12.5. The highest BCUT2D eigenvalue weighted by atomic mass is 35.5. The van der Waals surface area contributed by atoms with Gasteiger partial charge in [0.05, 0.1) is 30.0 Å². The van der Waals surface area contributed by atoms with Gasteiger partial charge in [-0.1, -0.05) is 72.6 Å². The number of benzene rings is 4. The first-order chi connectivity index (χ1) is 18.0. The van der Waals surface area contributed by atoms with E-state index in [1.807, 2.05) is 31.2 Å². The Kier molecular flexibility index (Phi) is 8.88. The Balaban J connectivity index is 1.41. The van der Waals surface area contributed by atoms with E-state index in [2.05, 4.69) is 28.7 Å². The summed E-state index contributed by atoms with van der Waals surface area (Å²) in [7, 11) is 1.52. The number of ether oxygens (including phenoxy) is 3. The molecule has 4 aromatic rings. The zero-order chi connectivity index (χ0) is 26.2. The Morgan fingerprint density at radius 1 is 0.946 bits per heavy atom. The zero-order valence-electron chi connectivity index (χ0n) is 20.5. The molecule has 6 nitrogen and oxygen atoms in total. The number of nitrogens with one attached hydrogen (secondary N) is 1. The molecule has 0 saturated heterocycles. The van der Waals surface area contributed by atoms with Crippen LogP contribution in [0, 0.1) is 0 Å². The van der Waals surface area contributed by atoms with Crippen molar-refractivity contribution >= 4 is 46.1 Å². The third-order valence-electron chi connectivity index (χ3n) is 5.54. The van der Waals surface area contributed by atoms with Crippen LogP contribution in [0.3, 0.4) is 0 Å². The molecule has 1 N–H and O–H groups in total. The topological polar surface area (TPSA) is 69.2 Å². The molecule has 0 aliphatic heterocycles. The number of rotatable bonds is 10. The van der Waals surface area contributed by atoms with E-state index in [4.69, 9.17) is 37.4 Å². The van der Waals surface area contributed by atoms with E-state index in [0.29, 0.717) is 51.6 Å². The van der Waals surface area contributed by atoms with Crippen molar-refractivity contribution in [2.75, 3.05) is 13.7 Å². The van der Waals surface area contributed by atoms with Crippen LogP contribution in [0.2, 0.25) is 10.0 Å². The Labute approximate surface area is 225 Å². The number of carbonyl (C=O) groups is 1. The summed E-state index contributed by atoms with van der Waals surface area (Å²) in [6.45, 7) is 2.89. The van der Waals surface area contributed by atoms with Crippen LogP contribution in [0.5, 0.6) is 17.2 Å². The van der Waals surface area contributed by atoms with Crippen molar-refractivity contribution < 1.29 is 19.0 Å². The average Bonchev–Trinajstić information content (AvgIpc) is 2.91. The number of amides is 1. The quantitative estimate of drug-likeness (QED) is 0.170. The molecule has 4 rings (SSSR count). The first-order valence-corrected chi connectivity index (χ1v) is 12.5. The Morgan fingerprint density at radius 2 is 1.70 bits per heavy atom. The van der Waals surface area contributed by atoms with Crippen molar-refractivity contribution in [3.05, 3.63) is 99.5 Å². The van der Waals surface area contributed by atoms with Gasteiger partial charge < -0.3 is 14.2 Å². The van der Waals surface area contributed by atoms with E-state index in [1.54, 1.807) is 30.3 Å². The molecule has 0 aliphatic carbocycles. The van der Waals surface area contributed by atoms with E-state index in [9.17, 15) is 4.79 Å². The van der Waals surface area contributed by atoms with E-state index < -0.39 is 5.91 Å². The van der Waals surface area contributed by atoms with Crippen molar-refractivity contribution in [1.82, 2.24) is 5.43 Å². The van der Waals surface area contributed by atoms with Gasteiger partial charge in [-0.15, -0.1) is 0 Å². The molecule has 0 spiro atoms. The van der Waals surface area contributed by atoms with Crippen LogP contribution in [0.15, 0.2) is 77.9 Å². The summed E-state index contributed by atoms with van der Waals surface area (Å²) in [6.07, 6.45) is 2.32. The SMILES string of the molecule is CCCOc1ccc(C(=O)N/N=C/c2cc(Cl)c(OCc3cccc4ccccc34)c(Cl)c2)cc1OC. The summed E-state index contributed by atoms with van der Waals surface area (Å²) >= 11 is 12.9. The largest absolute Gasteiger partial charge is 0.493 e. The van der Waals surface area contributed by atoms with Gasteiger partial charge in [0.25, 0.3) is 5.91 Å². The monoisotopic (exact) mass is 536 g/mol. The molecule has 0 bridgehead atoms. The third-order valence-corrected chi connectivity index (χ3v) is 6.10. The highest BCUT2D eigenvalue weighted by Crippen LogP contribution is 2.35. The molecule has 1 amide bonds. The Bertz CT molecular complexity index is 1410. The predicted molar refractivity (Wildman–Crippen MR) is 149 cm³/mol. The van der Waals surface area contributed by atoms with Gasteiger partial charge in [0.2, 0.25) is 0 Å². The third kappa shape index (κ3) is 6.53. The van der Waals surface area contributed by atoms with Gasteiger partial charge in [-0.25, -0.2) is 5.43 Å². The molecule has 0 aliphatic rings. The Hall–Kier alpha value is -3.74.